The Morgan fingerprint density at radius 1 is 1.10 bits per heavy atom. The fourth-order valence-electron chi connectivity index (χ4n) is 3.10. The highest BCUT2D eigenvalue weighted by Crippen LogP contribution is 2.26. The van der Waals surface area contributed by atoms with Crippen LogP contribution in [0.15, 0.2) is 42.5 Å². The van der Waals surface area contributed by atoms with E-state index in [1.807, 2.05) is 0 Å². The number of aromatic nitrogens is 2. The summed E-state index contributed by atoms with van der Waals surface area (Å²) in [4.78, 5) is 37.4. The molecule has 1 N–H and O–H groups in total. The lowest BCUT2D eigenvalue weighted by atomic mass is 10.0. The fraction of sp³-hybridized carbons (Fsp3) is 0.273. The molecule has 7 nitrogen and oxygen atoms in total. The number of rotatable bonds is 8. The standard InChI is InChI=1S/C22H22FN3O4/c1-26(30-2)22(29)15-10-11-17-19(13-15)24-18(8-3-4-9-20(27)28)21(25-17)14-6-5-7-16(23)12-14/h5-7,10-13H,3-4,8-9H2,1-2H3,(H,27,28). The van der Waals surface area contributed by atoms with Gasteiger partial charge in [0, 0.05) is 24.6 Å². The van der Waals surface area contributed by atoms with Crippen LogP contribution in [0.5, 0.6) is 0 Å². The van der Waals surface area contributed by atoms with Gasteiger partial charge in [-0.1, -0.05) is 12.1 Å². The van der Waals surface area contributed by atoms with Gasteiger partial charge in [0.15, 0.2) is 0 Å². The maximum Gasteiger partial charge on any atom is 0.303 e. The topological polar surface area (TPSA) is 92.6 Å². The first-order valence-corrected chi connectivity index (χ1v) is 9.49. The molecule has 1 aromatic heterocycles. The molecule has 0 spiro atoms. The van der Waals surface area contributed by atoms with Crippen molar-refractivity contribution in [1.82, 2.24) is 15.0 Å². The Kier molecular flexibility index (Phi) is 6.68. The van der Waals surface area contributed by atoms with Crippen molar-refractivity contribution in [3.8, 4) is 11.3 Å². The lowest BCUT2D eigenvalue weighted by Crippen LogP contribution is -2.25. The minimum atomic E-state index is -0.852. The van der Waals surface area contributed by atoms with Crippen LogP contribution >= 0.6 is 0 Å². The zero-order valence-corrected chi connectivity index (χ0v) is 16.8. The normalized spacial score (nSPS) is 10.9. The Labute approximate surface area is 173 Å². The number of aryl methyl sites for hydroxylation is 1. The third-order valence-electron chi connectivity index (χ3n) is 4.70. The Morgan fingerprint density at radius 2 is 1.90 bits per heavy atom. The number of benzene rings is 2. The summed E-state index contributed by atoms with van der Waals surface area (Å²) in [5, 5.41) is 9.96. The molecule has 0 aliphatic carbocycles. The average molecular weight is 411 g/mol. The molecule has 0 bridgehead atoms. The molecule has 156 valence electrons. The lowest BCUT2D eigenvalue weighted by Gasteiger charge is -2.14. The summed E-state index contributed by atoms with van der Waals surface area (Å²) in [6, 6.07) is 11.1. The van der Waals surface area contributed by atoms with Crippen molar-refractivity contribution in [3.05, 3.63) is 59.5 Å². The number of carboxylic acids is 1. The van der Waals surface area contributed by atoms with E-state index in [2.05, 4.69) is 9.97 Å². The first-order valence-electron chi connectivity index (χ1n) is 9.49. The van der Waals surface area contributed by atoms with Crippen molar-refractivity contribution in [2.75, 3.05) is 14.2 Å². The number of unbranched alkanes of at least 4 members (excludes halogenated alkanes) is 1. The zero-order valence-electron chi connectivity index (χ0n) is 16.8. The molecule has 0 unspecified atom stereocenters. The van der Waals surface area contributed by atoms with Crippen LogP contribution in [0.2, 0.25) is 0 Å². The van der Waals surface area contributed by atoms with E-state index in [0.29, 0.717) is 52.8 Å². The number of carbonyl (C=O) groups excluding carboxylic acids is 1. The van der Waals surface area contributed by atoms with E-state index in [-0.39, 0.29) is 18.1 Å². The van der Waals surface area contributed by atoms with Gasteiger partial charge in [-0.15, -0.1) is 0 Å². The summed E-state index contributed by atoms with van der Waals surface area (Å²) in [7, 11) is 2.92. The second kappa shape index (κ2) is 9.41. The molecule has 2 aromatic carbocycles. The number of hydrogen-bond acceptors (Lipinski definition) is 5. The maximum atomic E-state index is 13.8. The molecule has 1 heterocycles. The van der Waals surface area contributed by atoms with E-state index < -0.39 is 5.97 Å². The molecule has 0 atom stereocenters. The van der Waals surface area contributed by atoms with Gasteiger partial charge in [0.1, 0.15) is 5.82 Å². The molecule has 30 heavy (non-hydrogen) atoms. The highest BCUT2D eigenvalue weighted by molar-refractivity contribution is 5.96. The lowest BCUT2D eigenvalue weighted by molar-refractivity contribution is -0.137. The smallest absolute Gasteiger partial charge is 0.303 e. The second-order valence-corrected chi connectivity index (χ2v) is 6.82. The monoisotopic (exact) mass is 411 g/mol. The van der Waals surface area contributed by atoms with Gasteiger partial charge in [0.05, 0.1) is 29.5 Å². The number of aliphatic carboxylic acids is 1. The van der Waals surface area contributed by atoms with Crippen LogP contribution in [0, 0.1) is 5.82 Å². The number of amides is 1. The quantitative estimate of drug-likeness (QED) is 0.447. The zero-order chi connectivity index (χ0) is 21.7. The van der Waals surface area contributed by atoms with Gasteiger partial charge in [-0.25, -0.2) is 19.4 Å². The number of carbonyl (C=O) groups is 2. The molecule has 0 aliphatic rings. The van der Waals surface area contributed by atoms with E-state index in [4.69, 9.17) is 9.94 Å². The van der Waals surface area contributed by atoms with Gasteiger partial charge in [-0.2, -0.15) is 0 Å². The van der Waals surface area contributed by atoms with Gasteiger partial charge in [0.25, 0.3) is 5.91 Å². The molecular formula is C22H22FN3O4. The number of hydrogen-bond donors (Lipinski definition) is 1. The highest BCUT2D eigenvalue weighted by Gasteiger charge is 2.16. The molecule has 0 saturated carbocycles. The SMILES string of the molecule is CON(C)C(=O)c1ccc2nc(-c3cccc(F)c3)c(CCCCC(=O)O)nc2c1. The number of fused-ring (bicyclic) bond motifs is 1. The largest absolute Gasteiger partial charge is 0.481 e. The van der Waals surface area contributed by atoms with Gasteiger partial charge < -0.3 is 5.11 Å². The third-order valence-corrected chi connectivity index (χ3v) is 4.70. The van der Waals surface area contributed by atoms with Crippen molar-refractivity contribution in [2.24, 2.45) is 0 Å². The second-order valence-electron chi connectivity index (χ2n) is 6.82. The van der Waals surface area contributed by atoms with Crippen LogP contribution in [0.4, 0.5) is 4.39 Å². The Morgan fingerprint density at radius 3 is 2.60 bits per heavy atom. The summed E-state index contributed by atoms with van der Waals surface area (Å²) < 4.78 is 13.8. The summed E-state index contributed by atoms with van der Waals surface area (Å²) in [6.45, 7) is 0. The molecule has 0 fully saturated rings. The molecule has 8 heteroatoms. The number of halogens is 1. The average Bonchev–Trinajstić information content (AvgIpc) is 2.74. The molecule has 0 radical (unpaired) electrons. The third kappa shape index (κ3) is 4.96. The highest BCUT2D eigenvalue weighted by atomic mass is 19.1. The summed E-state index contributed by atoms with van der Waals surface area (Å²) in [6.07, 6.45) is 1.64. The first kappa shape index (κ1) is 21.3. The molecule has 0 saturated heterocycles. The van der Waals surface area contributed by atoms with Crippen molar-refractivity contribution in [2.45, 2.75) is 25.7 Å². The van der Waals surface area contributed by atoms with E-state index in [1.165, 1.54) is 26.3 Å². The van der Waals surface area contributed by atoms with Gasteiger partial charge >= 0.3 is 5.97 Å². The van der Waals surface area contributed by atoms with Gasteiger partial charge in [0.2, 0.25) is 0 Å². The van der Waals surface area contributed by atoms with Crippen molar-refractivity contribution < 1.29 is 23.9 Å². The van der Waals surface area contributed by atoms with Crippen molar-refractivity contribution >= 4 is 22.9 Å². The van der Waals surface area contributed by atoms with E-state index in [1.54, 1.807) is 30.3 Å². The molecular weight excluding hydrogens is 389 g/mol. The number of hydroxylamine groups is 2. The summed E-state index contributed by atoms with van der Waals surface area (Å²) in [5.41, 5.74) is 3.26. The Hall–Kier alpha value is -3.39. The fourth-order valence-corrected chi connectivity index (χ4v) is 3.10. The predicted molar refractivity (Wildman–Crippen MR) is 109 cm³/mol. The van der Waals surface area contributed by atoms with Gasteiger partial charge in [-0.05, 0) is 49.6 Å². The van der Waals surface area contributed by atoms with Crippen LogP contribution in [0.3, 0.4) is 0 Å². The Balaban J connectivity index is 2.03. The molecule has 3 rings (SSSR count). The summed E-state index contributed by atoms with van der Waals surface area (Å²) in [5.74, 6) is -1.55. The predicted octanol–water partition coefficient (Wildman–Crippen LogP) is 3.87. The van der Waals surface area contributed by atoms with Crippen LogP contribution in [-0.4, -0.2) is 46.2 Å². The van der Waals surface area contributed by atoms with Crippen LogP contribution in [0.25, 0.3) is 22.3 Å². The van der Waals surface area contributed by atoms with Crippen molar-refractivity contribution in [3.63, 3.8) is 0 Å². The number of nitrogens with zero attached hydrogens (tertiary/aromatic N) is 3. The van der Waals surface area contributed by atoms with Crippen LogP contribution in [0.1, 0.15) is 35.3 Å². The van der Waals surface area contributed by atoms with Gasteiger partial charge in [-0.3, -0.25) is 14.4 Å². The number of carboxylic acid groups (broad SMARTS) is 1. The van der Waals surface area contributed by atoms with E-state index in [0.717, 1.165) is 5.06 Å². The summed E-state index contributed by atoms with van der Waals surface area (Å²) >= 11 is 0. The minimum absolute atomic E-state index is 0.0678. The maximum absolute atomic E-state index is 13.8. The minimum Gasteiger partial charge on any atom is -0.481 e. The van der Waals surface area contributed by atoms with E-state index >= 15 is 0 Å². The first-order chi connectivity index (χ1) is 14.4. The van der Waals surface area contributed by atoms with E-state index in [9.17, 15) is 14.0 Å². The molecule has 1 amide bonds. The van der Waals surface area contributed by atoms with Crippen molar-refractivity contribution in [1.29, 1.82) is 0 Å². The van der Waals surface area contributed by atoms with Crippen LogP contribution < -0.4 is 0 Å². The van der Waals surface area contributed by atoms with Crippen LogP contribution in [-0.2, 0) is 16.1 Å². The Bertz CT molecular complexity index is 1090. The molecule has 0 aliphatic heterocycles. The molecule has 3 aromatic rings.